The molecule has 0 atom stereocenters. The van der Waals surface area contributed by atoms with E-state index in [-0.39, 0.29) is 37.5 Å². The van der Waals surface area contributed by atoms with Crippen molar-refractivity contribution in [3.05, 3.63) is 56.1 Å². The summed E-state index contributed by atoms with van der Waals surface area (Å²) in [5.74, 6) is -1.19. The summed E-state index contributed by atoms with van der Waals surface area (Å²) in [4.78, 5) is 39.4. The number of benzene rings is 1. The van der Waals surface area contributed by atoms with Crippen LogP contribution >= 0.6 is 0 Å². The molecule has 1 aliphatic heterocycles. The van der Waals surface area contributed by atoms with Gasteiger partial charge in [-0.15, -0.1) is 0 Å². The summed E-state index contributed by atoms with van der Waals surface area (Å²) < 4.78 is 40.4. The number of carbonyl (C=O) groups is 1. The summed E-state index contributed by atoms with van der Waals surface area (Å²) in [6.45, 7) is 3.04. The minimum absolute atomic E-state index is 0.0417. The molecule has 9 nitrogen and oxygen atoms in total. The molecule has 3 N–H and O–H groups in total. The molecule has 0 unspecified atom stereocenters. The van der Waals surface area contributed by atoms with Crippen LogP contribution in [0.1, 0.15) is 24.1 Å². The smallest absolute Gasteiger partial charge is 0.325 e. The molecule has 29 heavy (non-hydrogen) atoms. The van der Waals surface area contributed by atoms with Gasteiger partial charge in [0.2, 0.25) is 15.9 Å². The highest BCUT2D eigenvalue weighted by Gasteiger charge is 2.34. The van der Waals surface area contributed by atoms with E-state index in [0.29, 0.717) is 11.3 Å². The number of aromatic nitrogens is 2. The van der Waals surface area contributed by atoms with Crippen molar-refractivity contribution in [2.45, 2.75) is 31.6 Å². The average Bonchev–Trinajstić information content (AvgIpc) is 2.63. The third-order valence-corrected chi connectivity index (χ3v) is 6.99. The Hall–Kier alpha value is -2.79. The quantitative estimate of drug-likeness (QED) is 0.670. The lowest BCUT2D eigenvalue weighted by atomic mass is 9.97. The van der Waals surface area contributed by atoms with Crippen molar-refractivity contribution in [2.75, 3.05) is 18.4 Å². The van der Waals surface area contributed by atoms with Crippen LogP contribution in [0.15, 0.2) is 32.7 Å². The number of carbonyl (C=O) groups excluding carboxylic acids is 1. The number of H-pyrrole nitrogens is 2. The lowest BCUT2D eigenvalue weighted by Gasteiger charge is -2.30. The highest BCUT2D eigenvalue weighted by atomic mass is 32.2. The first-order valence-corrected chi connectivity index (χ1v) is 10.4. The molecule has 0 saturated carbocycles. The third-order valence-electron chi connectivity index (χ3n) is 4.94. The maximum absolute atomic E-state index is 13.6. The van der Waals surface area contributed by atoms with Gasteiger partial charge >= 0.3 is 5.69 Å². The van der Waals surface area contributed by atoms with Gasteiger partial charge in [-0.25, -0.2) is 17.6 Å². The SMILES string of the molecule is Cc1ccc(NC(=O)C2CCN(S(=O)(=O)c3c(C)[nH]c(=O)[nH]c3=O)CC2)cc1F. The Bertz CT molecular complexity index is 1160. The van der Waals surface area contributed by atoms with Gasteiger partial charge < -0.3 is 10.3 Å². The summed E-state index contributed by atoms with van der Waals surface area (Å²) in [6, 6.07) is 4.39. The Morgan fingerprint density at radius 3 is 2.41 bits per heavy atom. The zero-order chi connectivity index (χ0) is 21.3. The molecule has 1 aromatic carbocycles. The van der Waals surface area contributed by atoms with Gasteiger partial charge in [-0.3, -0.25) is 14.6 Å². The molecule has 0 spiro atoms. The van der Waals surface area contributed by atoms with E-state index in [1.165, 1.54) is 13.0 Å². The van der Waals surface area contributed by atoms with E-state index in [1.807, 2.05) is 4.98 Å². The summed E-state index contributed by atoms with van der Waals surface area (Å²) in [7, 11) is -4.12. The molecule has 3 rings (SSSR count). The summed E-state index contributed by atoms with van der Waals surface area (Å²) in [5, 5.41) is 2.65. The topological polar surface area (TPSA) is 132 Å². The van der Waals surface area contributed by atoms with Crippen LogP contribution in [0, 0.1) is 25.6 Å². The zero-order valence-corrected chi connectivity index (χ0v) is 16.7. The fourth-order valence-electron chi connectivity index (χ4n) is 3.30. The molecule has 0 radical (unpaired) electrons. The van der Waals surface area contributed by atoms with Gasteiger partial charge in [0.15, 0.2) is 4.90 Å². The van der Waals surface area contributed by atoms with Crippen molar-refractivity contribution in [3.63, 3.8) is 0 Å². The van der Waals surface area contributed by atoms with Crippen LogP contribution in [0.5, 0.6) is 0 Å². The van der Waals surface area contributed by atoms with E-state index in [1.54, 1.807) is 19.1 Å². The average molecular weight is 424 g/mol. The molecule has 2 aromatic rings. The molecule has 2 heterocycles. The van der Waals surface area contributed by atoms with Crippen LogP contribution in [0.4, 0.5) is 10.1 Å². The van der Waals surface area contributed by atoms with Gasteiger partial charge in [0.25, 0.3) is 5.56 Å². The van der Waals surface area contributed by atoms with Crippen molar-refractivity contribution in [3.8, 4) is 0 Å². The normalized spacial score (nSPS) is 16.0. The number of amides is 1. The first-order valence-electron chi connectivity index (χ1n) is 9.00. The molecule has 1 aliphatic rings. The second-order valence-electron chi connectivity index (χ2n) is 6.99. The predicted molar refractivity (Wildman–Crippen MR) is 104 cm³/mol. The van der Waals surface area contributed by atoms with Crippen LogP contribution in [-0.2, 0) is 14.8 Å². The highest BCUT2D eigenvalue weighted by Crippen LogP contribution is 2.24. The largest absolute Gasteiger partial charge is 0.326 e. The highest BCUT2D eigenvalue weighted by molar-refractivity contribution is 7.89. The van der Waals surface area contributed by atoms with Gasteiger partial charge in [-0.05, 0) is 44.4 Å². The van der Waals surface area contributed by atoms with Crippen LogP contribution in [0.25, 0.3) is 0 Å². The molecular formula is C18H21FN4O5S. The van der Waals surface area contributed by atoms with Crippen molar-refractivity contribution in [1.82, 2.24) is 14.3 Å². The van der Waals surface area contributed by atoms with E-state index >= 15 is 0 Å². The monoisotopic (exact) mass is 424 g/mol. The zero-order valence-electron chi connectivity index (χ0n) is 15.9. The van der Waals surface area contributed by atoms with Crippen LogP contribution < -0.4 is 16.6 Å². The molecule has 1 fully saturated rings. The molecular weight excluding hydrogens is 403 g/mol. The number of aromatic amines is 2. The molecule has 0 bridgehead atoms. The van der Waals surface area contributed by atoms with E-state index < -0.39 is 37.9 Å². The fourth-order valence-corrected chi connectivity index (χ4v) is 4.97. The molecule has 1 aromatic heterocycles. The van der Waals surface area contributed by atoms with Gasteiger partial charge in [-0.2, -0.15) is 4.31 Å². The first kappa shape index (κ1) is 20.9. The number of rotatable bonds is 4. The first-order chi connectivity index (χ1) is 13.6. The molecule has 11 heteroatoms. The molecule has 1 amide bonds. The minimum Gasteiger partial charge on any atom is -0.326 e. The number of sulfonamides is 1. The Labute approximate surface area is 166 Å². The van der Waals surface area contributed by atoms with E-state index in [9.17, 15) is 27.2 Å². The van der Waals surface area contributed by atoms with Crippen LogP contribution in [-0.4, -0.2) is 41.7 Å². The maximum Gasteiger partial charge on any atom is 0.325 e. The van der Waals surface area contributed by atoms with Crippen molar-refractivity contribution in [1.29, 1.82) is 0 Å². The summed E-state index contributed by atoms with van der Waals surface area (Å²) in [6.07, 6.45) is 0.499. The van der Waals surface area contributed by atoms with Crippen molar-refractivity contribution < 1.29 is 17.6 Å². The standard InChI is InChI=1S/C18H21FN4O5S/c1-10-3-4-13(9-14(10)19)21-16(24)12-5-7-23(8-6-12)29(27,28)15-11(2)20-18(26)22-17(15)25/h3-4,9,12H,5-8H2,1-2H3,(H,21,24)(H2,20,22,25,26). The number of hydrogen-bond donors (Lipinski definition) is 3. The van der Waals surface area contributed by atoms with Crippen LogP contribution in [0.2, 0.25) is 0 Å². The second-order valence-corrected chi connectivity index (χ2v) is 8.87. The summed E-state index contributed by atoms with van der Waals surface area (Å²) >= 11 is 0. The number of halogens is 1. The van der Waals surface area contributed by atoms with E-state index in [4.69, 9.17) is 0 Å². The van der Waals surface area contributed by atoms with Gasteiger partial charge in [0.05, 0.1) is 0 Å². The fraction of sp³-hybridized carbons (Fsp3) is 0.389. The minimum atomic E-state index is -4.12. The van der Waals surface area contributed by atoms with Crippen molar-refractivity contribution >= 4 is 21.6 Å². The van der Waals surface area contributed by atoms with E-state index in [0.717, 1.165) is 4.31 Å². The summed E-state index contributed by atoms with van der Waals surface area (Å²) in [5.41, 5.74) is -1.00. The molecule has 0 aliphatic carbocycles. The number of piperidine rings is 1. The van der Waals surface area contributed by atoms with E-state index in [2.05, 4.69) is 10.3 Å². The van der Waals surface area contributed by atoms with Gasteiger partial charge in [0.1, 0.15) is 5.82 Å². The molecule has 156 valence electrons. The predicted octanol–water partition coefficient (Wildman–Crippen LogP) is 0.859. The second kappa shape index (κ2) is 7.91. The number of hydrogen-bond acceptors (Lipinski definition) is 5. The number of nitrogens with zero attached hydrogens (tertiary/aromatic N) is 1. The lowest BCUT2D eigenvalue weighted by Crippen LogP contribution is -2.44. The van der Waals surface area contributed by atoms with Crippen LogP contribution in [0.3, 0.4) is 0 Å². The Kier molecular flexibility index (Phi) is 5.71. The number of anilines is 1. The number of aryl methyl sites for hydroxylation is 2. The van der Waals surface area contributed by atoms with Gasteiger partial charge in [-0.1, -0.05) is 6.07 Å². The number of nitrogens with one attached hydrogen (secondary N) is 3. The van der Waals surface area contributed by atoms with Crippen molar-refractivity contribution in [2.24, 2.45) is 5.92 Å². The Morgan fingerprint density at radius 1 is 1.17 bits per heavy atom. The maximum atomic E-state index is 13.6. The molecule has 1 saturated heterocycles. The Balaban J connectivity index is 1.70. The Morgan fingerprint density at radius 2 is 1.83 bits per heavy atom. The van der Waals surface area contributed by atoms with Gasteiger partial charge in [0, 0.05) is 30.4 Å². The third kappa shape index (κ3) is 4.30. The lowest BCUT2D eigenvalue weighted by molar-refractivity contribution is -0.120.